The molecular weight excluding hydrogens is 400 g/mol. The number of aryl methyl sites for hydroxylation is 1. The van der Waals surface area contributed by atoms with Crippen LogP contribution in [0, 0.1) is 12.8 Å². The van der Waals surface area contributed by atoms with E-state index in [0.29, 0.717) is 5.92 Å². The molecule has 1 amide bonds. The SMILES string of the molecule is Cc1nc(-c2sccc2COC(=O)N(C)CC2CCC2)ccc1OC1CCCCO1. The highest BCUT2D eigenvalue weighted by Crippen LogP contribution is 2.32. The van der Waals surface area contributed by atoms with E-state index in [4.69, 9.17) is 19.2 Å². The molecule has 0 aromatic carbocycles. The molecule has 0 bridgehead atoms. The molecule has 2 fully saturated rings. The Morgan fingerprint density at radius 2 is 2.10 bits per heavy atom. The summed E-state index contributed by atoms with van der Waals surface area (Å²) in [6, 6.07) is 5.92. The average Bonchev–Trinajstić information content (AvgIpc) is 3.19. The van der Waals surface area contributed by atoms with Crippen LogP contribution in [0.2, 0.25) is 0 Å². The molecule has 6 nitrogen and oxygen atoms in total. The number of hydrogen-bond acceptors (Lipinski definition) is 6. The molecule has 3 heterocycles. The number of amides is 1. The molecule has 7 heteroatoms. The number of rotatable bonds is 7. The number of nitrogens with zero attached hydrogens (tertiary/aromatic N) is 2. The third kappa shape index (κ3) is 5.13. The summed E-state index contributed by atoms with van der Waals surface area (Å²) in [7, 11) is 1.81. The second-order valence-corrected chi connectivity index (χ2v) is 9.12. The zero-order valence-electron chi connectivity index (χ0n) is 17.8. The lowest BCUT2D eigenvalue weighted by Gasteiger charge is -2.29. The summed E-state index contributed by atoms with van der Waals surface area (Å²) >= 11 is 1.60. The summed E-state index contributed by atoms with van der Waals surface area (Å²) in [5, 5.41) is 2.01. The molecule has 30 heavy (non-hydrogen) atoms. The highest BCUT2D eigenvalue weighted by Gasteiger charge is 2.22. The maximum atomic E-state index is 12.3. The molecule has 1 unspecified atom stereocenters. The summed E-state index contributed by atoms with van der Waals surface area (Å²) in [4.78, 5) is 19.8. The van der Waals surface area contributed by atoms with Gasteiger partial charge in [0.05, 0.1) is 22.9 Å². The number of aromatic nitrogens is 1. The zero-order valence-corrected chi connectivity index (χ0v) is 18.6. The van der Waals surface area contributed by atoms with E-state index in [9.17, 15) is 4.79 Å². The molecule has 2 aliphatic rings. The van der Waals surface area contributed by atoms with Crippen LogP contribution in [0.1, 0.15) is 49.8 Å². The van der Waals surface area contributed by atoms with E-state index >= 15 is 0 Å². The van der Waals surface area contributed by atoms with Crippen molar-refractivity contribution in [1.82, 2.24) is 9.88 Å². The predicted octanol–water partition coefficient (Wildman–Crippen LogP) is 5.39. The van der Waals surface area contributed by atoms with Gasteiger partial charge in [-0.2, -0.15) is 0 Å². The Morgan fingerprint density at radius 1 is 1.23 bits per heavy atom. The van der Waals surface area contributed by atoms with Gasteiger partial charge in [0.2, 0.25) is 0 Å². The number of carbonyl (C=O) groups excluding carboxylic acids is 1. The fraction of sp³-hybridized carbons (Fsp3) is 0.565. The van der Waals surface area contributed by atoms with Gasteiger partial charge in [0.1, 0.15) is 12.4 Å². The third-order valence-corrected chi connectivity index (χ3v) is 6.81. The van der Waals surface area contributed by atoms with Crippen molar-refractivity contribution in [2.45, 2.75) is 58.3 Å². The van der Waals surface area contributed by atoms with E-state index in [2.05, 4.69) is 0 Å². The van der Waals surface area contributed by atoms with Crippen LogP contribution in [0.15, 0.2) is 23.6 Å². The lowest BCUT2D eigenvalue weighted by Crippen LogP contribution is -2.34. The van der Waals surface area contributed by atoms with Crippen LogP contribution >= 0.6 is 11.3 Å². The molecular formula is C23H30N2O4S. The van der Waals surface area contributed by atoms with Crippen molar-refractivity contribution in [1.29, 1.82) is 0 Å². The van der Waals surface area contributed by atoms with Crippen LogP contribution in [0.4, 0.5) is 4.79 Å². The van der Waals surface area contributed by atoms with Crippen molar-refractivity contribution in [3.63, 3.8) is 0 Å². The molecule has 0 N–H and O–H groups in total. The second-order valence-electron chi connectivity index (χ2n) is 8.20. The van der Waals surface area contributed by atoms with Crippen molar-refractivity contribution in [2.75, 3.05) is 20.2 Å². The fourth-order valence-electron chi connectivity index (χ4n) is 3.81. The molecule has 4 rings (SSSR count). The van der Waals surface area contributed by atoms with E-state index in [1.807, 2.05) is 37.6 Å². The van der Waals surface area contributed by atoms with Gasteiger partial charge in [-0.05, 0) is 62.1 Å². The minimum absolute atomic E-state index is 0.182. The van der Waals surface area contributed by atoms with Crippen molar-refractivity contribution in [2.24, 2.45) is 5.92 Å². The monoisotopic (exact) mass is 430 g/mol. The third-order valence-electron chi connectivity index (χ3n) is 5.83. The zero-order chi connectivity index (χ0) is 20.9. The van der Waals surface area contributed by atoms with Crippen molar-refractivity contribution in [3.8, 4) is 16.3 Å². The molecule has 0 radical (unpaired) electrons. The molecule has 1 atom stereocenters. The summed E-state index contributed by atoms with van der Waals surface area (Å²) in [5.74, 6) is 1.39. The van der Waals surface area contributed by atoms with Crippen LogP contribution in [-0.2, 0) is 16.1 Å². The standard InChI is InChI=1S/C23H30N2O4S/c1-16-20(29-21-8-3-4-12-27-21)10-9-19(24-16)22-18(11-13-30-22)15-28-23(26)25(2)14-17-6-5-7-17/h9-11,13,17,21H,3-8,12,14-15H2,1-2H3. The molecule has 162 valence electrons. The maximum Gasteiger partial charge on any atom is 0.409 e. The molecule has 1 saturated heterocycles. The Bertz CT molecular complexity index is 859. The molecule has 2 aromatic heterocycles. The summed E-state index contributed by atoms with van der Waals surface area (Å²) in [6.45, 7) is 3.73. The molecule has 1 saturated carbocycles. The number of carbonyl (C=O) groups is 1. The summed E-state index contributed by atoms with van der Waals surface area (Å²) < 4.78 is 17.2. The van der Waals surface area contributed by atoms with E-state index in [1.165, 1.54) is 19.3 Å². The van der Waals surface area contributed by atoms with Gasteiger partial charge in [-0.1, -0.05) is 6.42 Å². The van der Waals surface area contributed by atoms with E-state index in [0.717, 1.165) is 60.0 Å². The van der Waals surface area contributed by atoms with Crippen molar-refractivity contribution in [3.05, 3.63) is 34.8 Å². The largest absolute Gasteiger partial charge is 0.463 e. The van der Waals surface area contributed by atoms with Gasteiger partial charge in [-0.3, -0.25) is 0 Å². The Labute approximate surface area is 182 Å². The summed E-state index contributed by atoms with van der Waals surface area (Å²) in [5.41, 5.74) is 2.67. The van der Waals surface area contributed by atoms with Crippen LogP contribution in [0.5, 0.6) is 5.75 Å². The summed E-state index contributed by atoms with van der Waals surface area (Å²) in [6.07, 6.45) is 6.39. The predicted molar refractivity (Wildman–Crippen MR) is 117 cm³/mol. The van der Waals surface area contributed by atoms with Gasteiger partial charge in [0.25, 0.3) is 0 Å². The van der Waals surface area contributed by atoms with E-state index in [-0.39, 0.29) is 19.0 Å². The Balaban J connectivity index is 1.37. The first-order valence-electron chi connectivity index (χ1n) is 10.8. The van der Waals surface area contributed by atoms with Gasteiger partial charge in [-0.25, -0.2) is 9.78 Å². The minimum atomic E-state index is -0.264. The first-order valence-corrected chi connectivity index (χ1v) is 11.7. The van der Waals surface area contributed by atoms with Crippen molar-refractivity contribution >= 4 is 17.4 Å². The number of hydrogen-bond donors (Lipinski definition) is 0. The van der Waals surface area contributed by atoms with Crippen LogP contribution < -0.4 is 4.74 Å². The number of thiophene rings is 1. The maximum absolute atomic E-state index is 12.3. The topological polar surface area (TPSA) is 60.9 Å². The fourth-order valence-corrected chi connectivity index (χ4v) is 4.69. The number of pyridine rings is 1. The highest BCUT2D eigenvalue weighted by atomic mass is 32.1. The quantitative estimate of drug-likeness (QED) is 0.589. The van der Waals surface area contributed by atoms with Gasteiger partial charge >= 0.3 is 6.09 Å². The Morgan fingerprint density at radius 3 is 2.80 bits per heavy atom. The smallest absolute Gasteiger partial charge is 0.409 e. The van der Waals surface area contributed by atoms with Crippen LogP contribution in [0.25, 0.3) is 10.6 Å². The average molecular weight is 431 g/mol. The normalized spacial score (nSPS) is 19.2. The molecule has 0 spiro atoms. The van der Waals surface area contributed by atoms with Gasteiger partial charge in [0.15, 0.2) is 6.29 Å². The Kier molecular flexibility index (Phi) is 6.89. The minimum Gasteiger partial charge on any atom is -0.463 e. The van der Waals surface area contributed by atoms with Crippen LogP contribution in [-0.4, -0.2) is 42.5 Å². The molecule has 1 aliphatic heterocycles. The van der Waals surface area contributed by atoms with Crippen molar-refractivity contribution < 1.29 is 19.0 Å². The van der Waals surface area contributed by atoms with Gasteiger partial charge in [-0.15, -0.1) is 11.3 Å². The lowest BCUT2D eigenvalue weighted by atomic mass is 9.85. The first-order chi connectivity index (χ1) is 14.6. The van der Waals surface area contributed by atoms with Gasteiger partial charge in [0, 0.05) is 25.6 Å². The van der Waals surface area contributed by atoms with Crippen LogP contribution in [0.3, 0.4) is 0 Å². The first kappa shape index (κ1) is 21.1. The van der Waals surface area contributed by atoms with E-state index in [1.54, 1.807) is 16.2 Å². The molecule has 1 aliphatic carbocycles. The van der Waals surface area contributed by atoms with Gasteiger partial charge < -0.3 is 19.1 Å². The Hall–Kier alpha value is -2.12. The highest BCUT2D eigenvalue weighted by molar-refractivity contribution is 7.13. The van der Waals surface area contributed by atoms with E-state index < -0.39 is 0 Å². The molecule has 2 aromatic rings. The second kappa shape index (κ2) is 9.79. The lowest BCUT2D eigenvalue weighted by molar-refractivity contribution is -0.106. The number of ether oxygens (including phenoxy) is 3.